The maximum atomic E-state index is 13.3. The number of hydrogen-bond acceptors (Lipinski definition) is 5. The van der Waals surface area contributed by atoms with Crippen LogP contribution in [0.25, 0.3) is 0 Å². The first-order valence-corrected chi connectivity index (χ1v) is 8.92. The molecule has 2 atom stereocenters. The smallest absolute Gasteiger partial charge is 0.327 e. The number of hydrogen-bond donors (Lipinski definition) is 1. The van der Waals surface area contributed by atoms with Crippen LogP contribution in [0.1, 0.15) is 0 Å². The first kappa shape index (κ1) is 20.1. The number of anilines is 1. The molecule has 1 saturated heterocycles. The lowest BCUT2D eigenvalue weighted by molar-refractivity contribution is -0.137. The third kappa shape index (κ3) is 3.43. The minimum absolute atomic E-state index is 0.120. The van der Waals surface area contributed by atoms with Crippen LogP contribution in [0, 0.1) is 11.7 Å². The molecule has 2 heterocycles. The highest BCUT2D eigenvalue weighted by atomic mass is 35.5. The molecule has 0 radical (unpaired) electrons. The Hall–Kier alpha value is -2.65. The highest BCUT2D eigenvalue weighted by Gasteiger charge is 2.50. The molecule has 2 unspecified atom stereocenters. The van der Waals surface area contributed by atoms with Crippen LogP contribution in [0.5, 0.6) is 0 Å². The number of amides is 4. The van der Waals surface area contributed by atoms with Gasteiger partial charge in [-0.15, -0.1) is 0 Å². The fourth-order valence-corrected chi connectivity index (χ4v) is 3.60. The number of benzene rings is 1. The van der Waals surface area contributed by atoms with E-state index >= 15 is 0 Å². The molecule has 10 heteroatoms. The van der Waals surface area contributed by atoms with Crippen molar-refractivity contribution in [3.05, 3.63) is 40.8 Å². The number of carbonyl (C=O) groups is 3. The number of fused-ring (bicyclic) bond motifs is 1. The Kier molecular flexibility index (Phi) is 5.57. The summed E-state index contributed by atoms with van der Waals surface area (Å²) in [4.78, 5) is 41.9. The summed E-state index contributed by atoms with van der Waals surface area (Å²) in [5.41, 5.74) is 0.544. The molecule has 4 amide bonds. The van der Waals surface area contributed by atoms with Gasteiger partial charge in [0.05, 0.1) is 17.5 Å². The topological polar surface area (TPSA) is 82.2 Å². The van der Waals surface area contributed by atoms with Crippen molar-refractivity contribution in [2.45, 2.75) is 6.17 Å². The van der Waals surface area contributed by atoms with E-state index in [1.165, 1.54) is 31.2 Å². The molecule has 0 bridgehead atoms. The summed E-state index contributed by atoms with van der Waals surface area (Å²) < 4.78 is 18.5. The van der Waals surface area contributed by atoms with E-state index in [0.29, 0.717) is 18.8 Å². The Morgan fingerprint density at radius 3 is 2.68 bits per heavy atom. The van der Waals surface area contributed by atoms with E-state index < -0.39 is 29.8 Å². The van der Waals surface area contributed by atoms with Crippen LogP contribution >= 0.6 is 11.6 Å². The van der Waals surface area contributed by atoms with Crippen LogP contribution in [-0.2, 0) is 14.3 Å². The molecule has 0 aromatic heterocycles. The molecular weight excluding hydrogens is 391 g/mol. The molecule has 28 heavy (non-hydrogen) atoms. The fourth-order valence-electron chi connectivity index (χ4n) is 3.42. The van der Waals surface area contributed by atoms with Gasteiger partial charge in [-0.05, 0) is 24.3 Å². The van der Waals surface area contributed by atoms with E-state index in [4.69, 9.17) is 16.3 Å². The number of ether oxygens (including phenoxy) is 1. The standard InChI is InChI=1S/C18H20ClFN4O4/c1-22-16-11(17(26)23(2)18(22)27)9-14(24(16)6-7-28-3)15(25)21-10-4-5-13(20)12(19)8-10/h4-5,8-9,11,16H,6-7H2,1-3H3,(H,21,25). The van der Waals surface area contributed by atoms with E-state index in [9.17, 15) is 18.8 Å². The highest BCUT2D eigenvalue weighted by molar-refractivity contribution is 6.31. The van der Waals surface area contributed by atoms with Crippen LogP contribution in [0.2, 0.25) is 5.02 Å². The number of rotatable bonds is 5. The van der Waals surface area contributed by atoms with E-state index in [-0.39, 0.29) is 16.6 Å². The van der Waals surface area contributed by atoms with Gasteiger partial charge in [0, 0.05) is 33.4 Å². The van der Waals surface area contributed by atoms with Gasteiger partial charge in [-0.3, -0.25) is 14.5 Å². The van der Waals surface area contributed by atoms with E-state index in [2.05, 4.69) is 5.32 Å². The van der Waals surface area contributed by atoms with Gasteiger partial charge in [0.2, 0.25) is 5.91 Å². The van der Waals surface area contributed by atoms with E-state index in [0.717, 1.165) is 11.0 Å². The summed E-state index contributed by atoms with van der Waals surface area (Å²) in [6.45, 7) is 0.595. The summed E-state index contributed by atoms with van der Waals surface area (Å²) in [6.07, 6.45) is 0.923. The number of urea groups is 1. The Bertz CT molecular complexity index is 862. The van der Waals surface area contributed by atoms with E-state index in [1.807, 2.05) is 0 Å². The third-order valence-corrected chi connectivity index (χ3v) is 5.12. The molecule has 3 rings (SSSR count). The van der Waals surface area contributed by atoms with Gasteiger partial charge in [-0.25, -0.2) is 9.18 Å². The number of halogens is 2. The van der Waals surface area contributed by atoms with Gasteiger partial charge in [-0.1, -0.05) is 11.6 Å². The molecule has 2 aliphatic heterocycles. The molecular formula is C18H20ClFN4O4. The quantitative estimate of drug-likeness (QED) is 0.799. The van der Waals surface area contributed by atoms with Crippen molar-refractivity contribution in [2.75, 3.05) is 39.7 Å². The molecule has 150 valence electrons. The minimum atomic E-state index is -0.679. The molecule has 1 fully saturated rings. The summed E-state index contributed by atoms with van der Waals surface area (Å²) in [5.74, 6) is -2.16. The summed E-state index contributed by atoms with van der Waals surface area (Å²) in [7, 11) is 4.51. The lowest BCUT2D eigenvalue weighted by atomic mass is 10.0. The zero-order chi connectivity index (χ0) is 20.6. The van der Waals surface area contributed by atoms with Gasteiger partial charge in [0.1, 0.15) is 17.7 Å². The molecule has 1 N–H and O–H groups in total. The Morgan fingerprint density at radius 2 is 2.04 bits per heavy atom. The second-order valence-electron chi connectivity index (χ2n) is 6.55. The molecule has 8 nitrogen and oxygen atoms in total. The van der Waals surface area contributed by atoms with Crippen LogP contribution in [0.4, 0.5) is 14.9 Å². The molecule has 1 aromatic rings. The Balaban J connectivity index is 1.90. The number of imide groups is 1. The maximum absolute atomic E-state index is 13.3. The Labute approximate surface area is 166 Å². The van der Waals surface area contributed by atoms with Gasteiger partial charge in [-0.2, -0.15) is 0 Å². The van der Waals surface area contributed by atoms with Crippen molar-refractivity contribution in [2.24, 2.45) is 5.92 Å². The van der Waals surface area contributed by atoms with Crippen LogP contribution in [-0.4, -0.2) is 73.1 Å². The monoisotopic (exact) mass is 410 g/mol. The van der Waals surface area contributed by atoms with Crippen molar-refractivity contribution in [3.8, 4) is 0 Å². The number of nitrogens with one attached hydrogen (secondary N) is 1. The lowest BCUT2D eigenvalue weighted by Gasteiger charge is -2.43. The zero-order valence-corrected chi connectivity index (χ0v) is 16.4. The average Bonchev–Trinajstić information content (AvgIpc) is 3.05. The second-order valence-corrected chi connectivity index (χ2v) is 6.96. The van der Waals surface area contributed by atoms with Crippen molar-refractivity contribution in [1.82, 2.24) is 14.7 Å². The van der Waals surface area contributed by atoms with Crippen molar-refractivity contribution in [1.29, 1.82) is 0 Å². The summed E-state index contributed by atoms with van der Waals surface area (Å²) in [5, 5.41) is 2.53. The van der Waals surface area contributed by atoms with Crippen LogP contribution in [0.15, 0.2) is 30.0 Å². The first-order valence-electron chi connectivity index (χ1n) is 8.54. The average molecular weight is 411 g/mol. The summed E-state index contributed by atoms with van der Waals surface area (Å²) in [6, 6.07) is 3.38. The molecule has 0 saturated carbocycles. The third-order valence-electron chi connectivity index (χ3n) is 4.84. The van der Waals surface area contributed by atoms with Crippen LogP contribution in [0.3, 0.4) is 0 Å². The van der Waals surface area contributed by atoms with Gasteiger partial charge in [0.15, 0.2) is 0 Å². The normalized spacial score (nSPS) is 21.8. The largest absolute Gasteiger partial charge is 0.383 e. The lowest BCUT2D eigenvalue weighted by Crippen LogP contribution is -2.62. The molecule has 0 spiro atoms. The fraction of sp³-hybridized carbons (Fsp3) is 0.389. The molecule has 1 aromatic carbocycles. The van der Waals surface area contributed by atoms with Gasteiger partial charge in [0.25, 0.3) is 5.91 Å². The SMILES string of the molecule is COCCN1C(C(=O)Nc2ccc(F)c(Cl)c2)=CC2C(=O)N(C)C(=O)N(C)C21. The van der Waals surface area contributed by atoms with Crippen molar-refractivity contribution < 1.29 is 23.5 Å². The highest BCUT2D eigenvalue weighted by Crippen LogP contribution is 2.34. The number of nitrogens with zero attached hydrogens (tertiary/aromatic N) is 3. The predicted octanol–water partition coefficient (Wildman–Crippen LogP) is 1.73. The maximum Gasteiger partial charge on any atom is 0.327 e. The predicted molar refractivity (Wildman–Crippen MR) is 99.9 cm³/mol. The zero-order valence-electron chi connectivity index (χ0n) is 15.6. The molecule has 0 aliphatic carbocycles. The van der Waals surface area contributed by atoms with Crippen molar-refractivity contribution in [3.63, 3.8) is 0 Å². The first-order chi connectivity index (χ1) is 13.3. The summed E-state index contributed by atoms with van der Waals surface area (Å²) >= 11 is 5.76. The minimum Gasteiger partial charge on any atom is -0.383 e. The van der Waals surface area contributed by atoms with Gasteiger partial charge >= 0.3 is 6.03 Å². The van der Waals surface area contributed by atoms with Gasteiger partial charge < -0.3 is 19.9 Å². The van der Waals surface area contributed by atoms with Crippen molar-refractivity contribution >= 4 is 35.1 Å². The second kappa shape index (κ2) is 7.76. The Morgan fingerprint density at radius 1 is 1.32 bits per heavy atom. The molecule has 2 aliphatic rings. The van der Waals surface area contributed by atoms with Crippen LogP contribution < -0.4 is 5.32 Å². The number of carbonyl (C=O) groups excluding carboxylic acids is 3. The van der Waals surface area contributed by atoms with E-state index in [1.54, 1.807) is 18.0 Å². The number of methoxy groups -OCH3 is 1.